The molecule has 0 radical (unpaired) electrons. The number of carbonyl (C=O) groups excluding carboxylic acids is 1. The third kappa shape index (κ3) is 4.23. The van der Waals surface area contributed by atoms with Crippen molar-refractivity contribution in [2.45, 2.75) is 58.1 Å². The molecule has 1 aromatic rings. The maximum Gasteiger partial charge on any atom is 0.410 e. The van der Waals surface area contributed by atoms with Gasteiger partial charge >= 0.3 is 6.09 Å². The number of nitrogens with two attached hydrogens (primary N) is 1. The molecule has 2 aliphatic rings. The van der Waals surface area contributed by atoms with Crippen molar-refractivity contribution in [2.75, 3.05) is 31.5 Å². The minimum absolute atomic E-state index is 0.214. The number of amides is 1. The topological polar surface area (TPSA) is 98.3 Å². The van der Waals surface area contributed by atoms with Crippen LogP contribution in [0.4, 0.5) is 10.7 Å². The predicted octanol–water partition coefficient (Wildman–Crippen LogP) is 1.78. The minimum Gasteiger partial charge on any atom is -0.444 e. The molecule has 0 spiro atoms. The van der Waals surface area contributed by atoms with E-state index in [0.29, 0.717) is 25.4 Å². The Hall–Kier alpha value is -1.83. The smallest absolute Gasteiger partial charge is 0.410 e. The van der Waals surface area contributed by atoms with Crippen molar-refractivity contribution in [1.29, 1.82) is 0 Å². The summed E-state index contributed by atoms with van der Waals surface area (Å²) in [7, 11) is 0. The SMILES string of the molecule is CC(C)(C)OC(=O)N1CCCC(C2CCNc3nc(CCN)nn32)C1. The van der Waals surface area contributed by atoms with Gasteiger partial charge in [-0.1, -0.05) is 0 Å². The average Bonchev–Trinajstić information content (AvgIpc) is 2.96. The first-order chi connectivity index (χ1) is 11.9. The van der Waals surface area contributed by atoms with Gasteiger partial charge in [-0.2, -0.15) is 10.1 Å². The summed E-state index contributed by atoms with van der Waals surface area (Å²) in [4.78, 5) is 18.8. The molecule has 0 aliphatic carbocycles. The normalized spacial score (nSPS) is 23.8. The van der Waals surface area contributed by atoms with E-state index < -0.39 is 5.60 Å². The van der Waals surface area contributed by atoms with Gasteiger partial charge in [0.2, 0.25) is 5.95 Å². The first-order valence-corrected chi connectivity index (χ1v) is 9.24. The van der Waals surface area contributed by atoms with Crippen LogP contribution >= 0.6 is 0 Å². The van der Waals surface area contributed by atoms with Crippen LogP contribution in [-0.2, 0) is 11.2 Å². The van der Waals surface area contributed by atoms with E-state index in [1.54, 1.807) is 0 Å². The Morgan fingerprint density at radius 1 is 1.40 bits per heavy atom. The Kier molecular flexibility index (Phi) is 5.17. The molecule has 0 bridgehead atoms. The maximum absolute atomic E-state index is 12.4. The van der Waals surface area contributed by atoms with E-state index in [4.69, 9.17) is 10.5 Å². The van der Waals surface area contributed by atoms with E-state index in [1.807, 2.05) is 30.4 Å². The lowest BCUT2D eigenvalue weighted by atomic mass is 9.88. The molecule has 140 valence electrons. The number of nitrogens with zero attached hydrogens (tertiary/aromatic N) is 4. The maximum atomic E-state index is 12.4. The lowest BCUT2D eigenvalue weighted by Crippen LogP contribution is -2.45. The summed E-state index contributed by atoms with van der Waals surface area (Å²) in [6, 6.07) is 0.264. The molecule has 2 aliphatic heterocycles. The van der Waals surface area contributed by atoms with Crippen LogP contribution in [0.25, 0.3) is 0 Å². The lowest BCUT2D eigenvalue weighted by Gasteiger charge is -2.39. The predicted molar refractivity (Wildman–Crippen MR) is 95.5 cm³/mol. The molecule has 3 rings (SSSR count). The zero-order valence-electron chi connectivity index (χ0n) is 15.5. The third-order valence-corrected chi connectivity index (χ3v) is 4.73. The van der Waals surface area contributed by atoms with Crippen molar-refractivity contribution >= 4 is 12.0 Å². The number of nitrogens with one attached hydrogen (secondary N) is 1. The summed E-state index contributed by atoms with van der Waals surface area (Å²) in [5, 5.41) is 7.97. The van der Waals surface area contributed by atoms with E-state index in [9.17, 15) is 4.79 Å². The number of rotatable bonds is 3. The zero-order valence-corrected chi connectivity index (χ0v) is 15.5. The average molecular weight is 350 g/mol. The van der Waals surface area contributed by atoms with E-state index in [2.05, 4.69) is 15.4 Å². The van der Waals surface area contributed by atoms with Gasteiger partial charge in [0.15, 0.2) is 5.82 Å². The van der Waals surface area contributed by atoms with Crippen LogP contribution in [-0.4, -0.2) is 57.5 Å². The number of carbonyl (C=O) groups is 1. The molecule has 1 amide bonds. The molecule has 2 unspecified atom stereocenters. The van der Waals surface area contributed by atoms with Crippen LogP contribution in [0.5, 0.6) is 0 Å². The molecule has 2 atom stereocenters. The van der Waals surface area contributed by atoms with Gasteiger partial charge < -0.3 is 20.7 Å². The van der Waals surface area contributed by atoms with Crippen molar-refractivity contribution in [3.8, 4) is 0 Å². The molecule has 8 heteroatoms. The molecule has 3 heterocycles. The van der Waals surface area contributed by atoms with Gasteiger partial charge in [-0.3, -0.25) is 0 Å². The number of anilines is 1. The van der Waals surface area contributed by atoms with E-state index in [0.717, 1.165) is 44.1 Å². The van der Waals surface area contributed by atoms with E-state index >= 15 is 0 Å². The molecular formula is C17H30N6O2. The zero-order chi connectivity index (χ0) is 18.0. The van der Waals surface area contributed by atoms with Gasteiger partial charge in [-0.05, 0) is 52.5 Å². The number of hydrogen-bond donors (Lipinski definition) is 2. The van der Waals surface area contributed by atoms with Crippen molar-refractivity contribution in [3.05, 3.63) is 5.82 Å². The van der Waals surface area contributed by atoms with Crippen molar-refractivity contribution < 1.29 is 9.53 Å². The molecule has 1 fully saturated rings. The van der Waals surface area contributed by atoms with Crippen molar-refractivity contribution in [3.63, 3.8) is 0 Å². The second-order valence-electron chi connectivity index (χ2n) is 7.95. The Morgan fingerprint density at radius 3 is 2.92 bits per heavy atom. The molecular weight excluding hydrogens is 320 g/mol. The van der Waals surface area contributed by atoms with Gasteiger partial charge in [0.25, 0.3) is 0 Å². The molecule has 3 N–H and O–H groups in total. The first kappa shape index (κ1) is 18.0. The quantitative estimate of drug-likeness (QED) is 0.862. The molecule has 0 saturated carbocycles. The summed E-state index contributed by atoms with van der Waals surface area (Å²) in [6.07, 6.45) is 3.55. The summed E-state index contributed by atoms with van der Waals surface area (Å²) < 4.78 is 7.56. The molecule has 1 aromatic heterocycles. The van der Waals surface area contributed by atoms with Gasteiger partial charge in [-0.25, -0.2) is 9.48 Å². The highest BCUT2D eigenvalue weighted by molar-refractivity contribution is 5.68. The van der Waals surface area contributed by atoms with Gasteiger partial charge in [0.05, 0.1) is 6.04 Å². The highest BCUT2D eigenvalue weighted by Gasteiger charge is 2.35. The second-order valence-corrected chi connectivity index (χ2v) is 7.95. The van der Waals surface area contributed by atoms with E-state index in [-0.39, 0.29) is 12.1 Å². The van der Waals surface area contributed by atoms with Crippen LogP contribution < -0.4 is 11.1 Å². The van der Waals surface area contributed by atoms with E-state index in [1.165, 1.54) is 0 Å². The largest absolute Gasteiger partial charge is 0.444 e. The standard InChI is InChI=1S/C17H30N6O2/c1-17(2,3)25-16(24)22-10-4-5-12(11-22)13-7-9-19-15-20-14(6-8-18)21-23(13)15/h12-13H,4-11,18H2,1-3H3,(H,19,20,21). The Balaban J connectivity index is 1.71. The summed E-state index contributed by atoms with van der Waals surface area (Å²) >= 11 is 0. The number of ether oxygens (including phenoxy) is 1. The fourth-order valence-corrected chi connectivity index (χ4v) is 3.66. The summed E-state index contributed by atoms with van der Waals surface area (Å²) in [5.74, 6) is 1.99. The monoisotopic (exact) mass is 350 g/mol. The molecule has 25 heavy (non-hydrogen) atoms. The molecule has 1 saturated heterocycles. The Bertz CT molecular complexity index is 609. The van der Waals surface area contributed by atoms with Crippen LogP contribution in [0.15, 0.2) is 0 Å². The number of hydrogen-bond acceptors (Lipinski definition) is 6. The van der Waals surface area contributed by atoms with Gasteiger partial charge in [0, 0.05) is 26.1 Å². The summed E-state index contributed by atoms with van der Waals surface area (Å²) in [5.41, 5.74) is 5.17. The van der Waals surface area contributed by atoms with Gasteiger partial charge in [0.1, 0.15) is 5.60 Å². The number of piperidine rings is 1. The third-order valence-electron chi connectivity index (χ3n) is 4.73. The highest BCUT2D eigenvalue weighted by Crippen LogP contribution is 2.34. The molecule has 0 aromatic carbocycles. The van der Waals surface area contributed by atoms with Crippen molar-refractivity contribution in [1.82, 2.24) is 19.7 Å². The Morgan fingerprint density at radius 2 is 2.20 bits per heavy atom. The van der Waals surface area contributed by atoms with Crippen LogP contribution in [0, 0.1) is 5.92 Å². The minimum atomic E-state index is -0.463. The van der Waals surface area contributed by atoms with Crippen molar-refractivity contribution in [2.24, 2.45) is 11.7 Å². The number of likely N-dealkylation sites (tertiary alicyclic amines) is 1. The second kappa shape index (κ2) is 7.19. The van der Waals surface area contributed by atoms with Crippen LogP contribution in [0.1, 0.15) is 51.9 Å². The summed E-state index contributed by atoms with van der Waals surface area (Å²) in [6.45, 7) is 8.61. The first-order valence-electron chi connectivity index (χ1n) is 9.24. The van der Waals surface area contributed by atoms with Crippen LogP contribution in [0.3, 0.4) is 0 Å². The van der Waals surface area contributed by atoms with Gasteiger partial charge in [-0.15, -0.1) is 0 Å². The lowest BCUT2D eigenvalue weighted by molar-refractivity contribution is 0.0126. The molecule has 8 nitrogen and oxygen atoms in total. The highest BCUT2D eigenvalue weighted by atomic mass is 16.6. The number of aromatic nitrogens is 3. The fraction of sp³-hybridized carbons (Fsp3) is 0.824. The number of fused-ring (bicyclic) bond motifs is 1. The Labute approximate surface area is 149 Å². The van der Waals surface area contributed by atoms with Crippen LogP contribution in [0.2, 0.25) is 0 Å². The fourth-order valence-electron chi connectivity index (χ4n) is 3.66.